The molecule has 2 aliphatic heterocycles. The van der Waals surface area contributed by atoms with Crippen LogP contribution < -0.4 is 16.2 Å². The molecule has 3 N–H and O–H groups in total. The van der Waals surface area contributed by atoms with E-state index >= 15 is 0 Å². The molecule has 1 aromatic carbocycles. The topological polar surface area (TPSA) is 134 Å². The second-order valence-corrected chi connectivity index (χ2v) is 10.4. The number of carbonyl (C=O) groups excluding carboxylic acids is 3. The highest BCUT2D eigenvalue weighted by Crippen LogP contribution is 2.45. The summed E-state index contributed by atoms with van der Waals surface area (Å²) in [5.41, 5.74) is -1.49. The molecule has 3 heterocycles. The van der Waals surface area contributed by atoms with Crippen LogP contribution in [-0.4, -0.2) is 56.5 Å². The van der Waals surface area contributed by atoms with Gasteiger partial charge >= 0.3 is 11.8 Å². The standard InChI is InChI=1S/C26H29F2N5O5/c1-14-10-16(2-3-18(14)28)12-29-21(35)19-20(34)23(37)33-9-5-15-4-7-26(11-15,25(33)30-19)31-22(36)24(38)32-8-6-17(27)13-32/h2-3,10,15,17,34H,4-9,11-13H2,1H3,(H,29,35)(H,31,36)/t15?,17-,26?/m1/s1. The molecule has 10 nitrogen and oxygen atoms in total. The van der Waals surface area contributed by atoms with Crippen LogP contribution >= 0.6 is 0 Å². The van der Waals surface area contributed by atoms with Crippen molar-refractivity contribution in [3.05, 3.63) is 57.0 Å². The maximum absolute atomic E-state index is 13.6. The number of nitrogens with one attached hydrogen (secondary N) is 2. The highest BCUT2D eigenvalue weighted by Gasteiger charge is 2.49. The van der Waals surface area contributed by atoms with E-state index in [0.717, 1.165) is 4.90 Å². The number of amides is 3. The van der Waals surface area contributed by atoms with Crippen molar-refractivity contribution in [2.24, 2.45) is 5.92 Å². The Hall–Kier alpha value is -3.83. The minimum Gasteiger partial charge on any atom is -0.501 e. The molecular weight excluding hydrogens is 500 g/mol. The van der Waals surface area contributed by atoms with E-state index in [0.29, 0.717) is 36.8 Å². The summed E-state index contributed by atoms with van der Waals surface area (Å²) >= 11 is 0. The predicted octanol–water partition coefficient (Wildman–Crippen LogP) is 1.41. The summed E-state index contributed by atoms with van der Waals surface area (Å²) < 4.78 is 28.4. The third kappa shape index (κ3) is 4.63. The van der Waals surface area contributed by atoms with Crippen molar-refractivity contribution < 1.29 is 28.3 Å². The summed E-state index contributed by atoms with van der Waals surface area (Å²) in [6.07, 6.45) is 1.10. The zero-order valence-electron chi connectivity index (χ0n) is 20.9. The molecule has 1 aromatic heterocycles. The molecule has 3 atom stereocenters. The molecule has 2 fully saturated rings. The van der Waals surface area contributed by atoms with Crippen molar-refractivity contribution in [1.82, 2.24) is 25.1 Å². The van der Waals surface area contributed by atoms with Gasteiger partial charge in [0.1, 0.15) is 17.8 Å². The number of fused-ring (bicyclic) bond motifs is 4. The molecule has 12 heteroatoms. The Morgan fingerprint density at radius 2 is 2.00 bits per heavy atom. The first-order chi connectivity index (χ1) is 18.1. The third-order valence-electron chi connectivity index (χ3n) is 7.81. The lowest BCUT2D eigenvalue weighted by Gasteiger charge is -2.31. The van der Waals surface area contributed by atoms with Crippen LogP contribution in [-0.2, 0) is 28.2 Å². The molecule has 3 amide bonds. The first-order valence-electron chi connectivity index (χ1n) is 12.7. The summed E-state index contributed by atoms with van der Waals surface area (Å²) in [6.45, 7) is 1.82. The number of aromatic nitrogens is 2. The maximum Gasteiger partial charge on any atom is 0.312 e. The minimum absolute atomic E-state index is 0.00332. The first kappa shape index (κ1) is 25.8. The van der Waals surface area contributed by atoms with Crippen molar-refractivity contribution in [1.29, 1.82) is 0 Å². The van der Waals surface area contributed by atoms with Crippen molar-refractivity contribution in [3.8, 4) is 5.75 Å². The van der Waals surface area contributed by atoms with E-state index < -0.39 is 46.4 Å². The third-order valence-corrected chi connectivity index (χ3v) is 7.81. The Morgan fingerprint density at radius 3 is 2.71 bits per heavy atom. The summed E-state index contributed by atoms with van der Waals surface area (Å²) in [6, 6.07) is 4.36. The van der Waals surface area contributed by atoms with Gasteiger partial charge in [0.25, 0.3) is 11.5 Å². The Bertz CT molecular complexity index is 1380. The fourth-order valence-electron chi connectivity index (χ4n) is 5.75. The van der Waals surface area contributed by atoms with Gasteiger partial charge in [-0.1, -0.05) is 12.1 Å². The van der Waals surface area contributed by atoms with Gasteiger partial charge in [-0.15, -0.1) is 0 Å². The van der Waals surface area contributed by atoms with Gasteiger partial charge in [0, 0.05) is 19.6 Å². The number of aryl methyl sites for hydroxylation is 1. The van der Waals surface area contributed by atoms with E-state index in [1.54, 1.807) is 13.0 Å². The normalized spacial score (nSPS) is 24.0. The van der Waals surface area contributed by atoms with E-state index in [2.05, 4.69) is 15.6 Å². The van der Waals surface area contributed by atoms with Gasteiger partial charge in [-0.25, -0.2) is 13.8 Å². The summed E-state index contributed by atoms with van der Waals surface area (Å²) in [5.74, 6) is -3.55. The lowest BCUT2D eigenvalue weighted by molar-refractivity contribution is -0.146. The number of hydrogen-bond acceptors (Lipinski definition) is 6. The Morgan fingerprint density at radius 1 is 1.21 bits per heavy atom. The van der Waals surface area contributed by atoms with Crippen LogP contribution in [0.3, 0.4) is 0 Å². The van der Waals surface area contributed by atoms with E-state index in [4.69, 9.17) is 0 Å². The molecule has 2 unspecified atom stereocenters. The second kappa shape index (κ2) is 9.80. The van der Waals surface area contributed by atoms with E-state index in [1.807, 2.05) is 0 Å². The van der Waals surface area contributed by atoms with Crippen molar-refractivity contribution in [2.45, 2.75) is 63.8 Å². The van der Waals surface area contributed by atoms with Crippen LogP contribution in [0.5, 0.6) is 5.75 Å². The number of alkyl halides is 1. The monoisotopic (exact) mass is 529 g/mol. The first-order valence-corrected chi connectivity index (χ1v) is 12.7. The van der Waals surface area contributed by atoms with E-state index in [-0.39, 0.29) is 50.2 Å². The average molecular weight is 530 g/mol. The number of halogens is 2. The lowest BCUT2D eigenvalue weighted by Crippen LogP contribution is -2.53. The zero-order valence-corrected chi connectivity index (χ0v) is 20.9. The molecule has 0 spiro atoms. The largest absolute Gasteiger partial charge is 0.501 e. The Kier molecular flexibility index (Phi) is 6.66. The SMILES string of the molecule is Cc1cc(CNC(=O)c2nc3n(c(=O)c2O)CCC2CCC3(NC(=O)C(=O)N3CC[C@@H](F)C3)C2)ccc1F. The Balaban J connectivity index is 1.45. The van der Waals surface area contributed by atoms with Gasteiger partial charge in [-0.2, -0.15) is 0 Å². The fraction of sp³-hybridized carbons (Fsp3) is 0.500. The summed E-state index contributed by atoms with van der Waals surface area (Å²) in [4.78, 5) is 57.4. The molecule has 38 heavy (non-hydrogen) atoms. The fourth-order valence-corrected chi connectivity index (χ4v) is 5.75. The van der Waals surface area contributed by atoms with Crippen LogP contribution in [0.25, 0.3) is 0 Å². The van der Waals surface area contributed by atoms with Gasteiger partial charge in [0.2, 0.25) is 5.75 Å². The summed E-state index contributed by atoms with van der Waals surface area (Å²) in [5, 5.41) is 16.0. The van der Waals surface area contributed by atoms with Crippen molar-refractivity contribution in [3.63, 3.8) is 0 Å². The van der Waals surface area contributed by atoms with Crippen LogP contribution in [0.15, 0.2) is 23.0 Å². The van der Waals surface area contributed by atoms with Gasteiger partial charge in [0.05, 0.1) is 12.1 Å². The van der Waals surface area contributed by atoms with Crippen molar-refractivity contribution >= 4 is 17.7 Å². The summed E-state index contributed by atoms with van der Waals surface area (Å²) in [7, 11) is 0. The molecule has 0 radical (unpaired) electrons. The molecule has 5 rings (SSSR count). The van der Waals surface area contributed by atoms with Crippen LogP contribution in [0.2, 0.25) is 0 Å². The van der Waals surface area contributed by atoms with Gasteiger partial charge in [-0.05, 0) is 62.1 Å². The average Bonchev–Trinajstić information content (AvgIpc) is 3.47. The molecule has 2 aromatic rings. The number of carbonyl (C=O) groups is 3. The van der Waals surface area contributed by atoms with Gasteiger partial charge in [-0.3, -0.25) is 23.7 Å². The highest BCUT2D eigenvalue weighted by molar-refractivity contribution is 6.35. The maximum atomic E-state index is 13.6. The number of likely N-dealkylation sites (tertiary alicyclic amines) is 1. The molecule has 202 valence electrons. The van der Waals surface area contributed by atoms with Crippen molar-refractivity contribution in [2.75, 3.05) is 13.1 Å². The van der Waals surface area contributed by atoms with Gasteiger partial charge < -0.3 is 20.6 Å². The number of nitrogens with zero attached hydrogens (tertiary/aromatic N) is 3. The van der Waals surface area contributed by atoms with E-state index in [1.165, 1.54) is 16.7 Å². The molecule has 3 aliphatic rings. The van der Waals surface area contributed by atoms with Crippen LogP contribution in [0.4, 0.5) is 8.78 Å². The number of hydrogen-bond donors (Lipinski definition) is 3. The lowest BCUT2D eigenvalue weighted by atomic mass is 9.94. The Labute approximate surface area is 217 Å². The minimum atomic E-state index is -1.20. The van der Waals surface area contributed by atoms with Crippen LogP contribution in [0.1, 0.15) is 59.5 Å². The van der Waals surface area contributed by atoms with Gasteiger partial charge in [0.15, 0.2) is 5.69 Å². The van der Waals surface area contributed by atoms with E-state index in [9.17, 15) is 33.1 Å². The predicted molar refractivity (Wildman–Crippen MR) is 130 cm³/mol. The number of aromatic hydroxyl groups is 1. The molecule has 1 saturated heterocycles. The molecular formula is C26H29F2N5O5. The molecule has 2 bridgehead atoms. The quantitative estimate of drug-likeness (QED) is 0.513. The number of benzene rings is 1. The van der Waals surface area contributed by atoms with Crippen LogP contribution in [0, 0.1) is 18.7 Å². The highest BCUT2D eigenvalue weighted by atomic mass is 19.1. The smallest absolute Gasteiger partial charge is 0.312 e. The molecule has 1 aliphatic carbocycles. The zero-order chi connectivity index (χ0) is 27.2. The second-order valence-electron chi connectivity index (χ2n) is 10.4. The number of rotatable bonds is 4. The molecule has 1 saturated carbocycles.